The van der Waals surface area contributed by atoms with Gasteiger partial charge in [-0.25, -0.2) is 9.59 Å². The Morgan fingerprint density at radius 1 is 0.775 bits per heavy atom. The minimum atomic E-state index is -3.20. The summed E-state index contributed by atoms with van der Waals surface area (Å²) in [4.78, 5) is 50.8. The molecule has 0 atom stereocenters. The fourth-order valence-electron chi connectivity index (χ4n) is 3.63. The smallest absolute Gasteiger partial charge is 0.387 e. The minimum Gasteiger partial charge on any atom is -0.435 e. The summed E-state index contributed by atoms with van der Waals surface area (Å²) in [6, 6.07) is 5.64. The van der Waals surface area contributed by atoms with Gasteiger partial charge < -0.3 is 29.0 Å². The molecule has 1 N–H and O–H groups in total. The van der Waals surface area contributed by atoms with E-state index in [2.05, 4.69) is 10.1 Å². The Hall–Kier alpha value is -3.96. The number of carbonyl (C=O) groups is 4. The van der Waals surface area contributed by atoms with E-state index >= 15 is 0 Å². The van der Waals surface area contributed by atoms with Gasteiger partial charge in [-0.3, -0.25) is 9.59 Å². The lowest BCUT2D eigenvalue weighted by atomic mass is 9.80. The number of allylic oxidation sites excluding steroid dienone is 2. The lowest BCUT2D eigenvalue weighted by molar-refractivity contribution is -0.172. The summed E-state index contributed by atoms with van der Waals surface area (Å²) in [5.41, 5.74) is -1.44. The van der Waals surface area contributed by atoms with Crippen LogP contribution in [0.4, 0.5) is 8.78 Å². The van der Waals surface area contributed by atoms with E-state index in [0.29, 0.717) is 0 Å². The number of rotatable bonds is 9. The lowest BCUT2D eigenvalue weighted by Crippen LogP contribution is -2.34. The van der Waals surface area contributed by atoms with Crippen LogP contribution in [-0.2, 0) is 38.1 Å². The zero-order valence-electron chi connectivity index (χ0n) is 23.8. The predicted molar refractivity (Wildman–Crippen MR) is 137 cm³/mol. The van der Waals surface area contributed by atoms with Crippen LogP contribution in [0.15, 0.2) is 46.8 Å². The molecule has 1 heterocycles. The van der Waals surface area contributed by atoms with Crippen molar-refractivity contribution >= 4 is 23.9 Å². The van der Waals surface area contributed by atoms with Crippen LogP contribution in [0.5, 0.6) is 5.75 Å². The molecule has 1 aromatic rings. The molecule has 40 heavy (non-hydrogen) atoms. The quantitative estimate of drug-likeness (QED) is 0.331. The van der Waals surface area contributed by atoms with Gasteiger partial charge in [-0.05, 0) is 61.5 Å². The van der Waals surface area contributed by atoms with Crippen molar-refractivity contribution in [1.82, 2.24) is 5.32 Å². The molecule has 1 aliphatic heterocycles. The van der Waals surface area contributed by atoms with Crippen molar-refractivity contribution in [1.29, 1.82) is 0 Å². The number of alkyl halides is 2. The van der Waals surface area contributed by atoms with Crippen LogP contribution in [-0.4, -0.2) is 44.1 Å². The van der Waals surface area contributed by atoms with Crippen molar-refractivity contribution in [2.45, 2.75) is 67.9 Å². The first-order valence-electron chi connectivity index (χ1n) is 12.4. The number of nitrogens with one attached hydrogen (secondary N) is 1. The molecule has 0 radical (unpaired) electrons. The number of hydrogen-bond acceptors (Lipinski definition) is 10. The number of para-hydroxylation sites is 1. The monoisotopic (exact) mass is 567 g/mol. The Kier molecular flexibility index (Phi) is 10.4. The SMILES string of the molecule is CC1=C(C(=O)OCOC(=O)C(C)(C)C)C(c2ccccc2OC(F)F)C(C(=O)OCOC(=O)C(C)(C)C)=C(C)N1. The molecule has 0 aliphatic carbocycles. The molecule has 1 aromatic carbocycles. The van der Waals surface area contributed by atoms with Crippen LogP contribution in [0.2, 0.25) is 0 Å². The van der Waals surface area contributed by atoms with E-state index < -0.39 is 60.8 Å². The van der Waals surface area contributed by atoms with E-state index in [-0.39, 0.29) is 33.9 Å². The summed E-state index contributed by atoms with van der Waals surface area (Å²) >= 11 is 0. The fourth-order valence-corrected chi connectivity index (χ4v) is 3.63. The maximum Gasteiger partial charge on any atom is 0.387 e. The number of esters is 4. The molecule has 220 valence electrons. The number of halogens is 2. The summed E-state index contributed by atoms with van der Waals surface area (Å²) < 4.78 is 51.6. The Bertz CT molecular complexity index is 1140. The molecule has 0 bridgehead atoms. The molecule has 0 fully saturated rings. The summed E-state index contributed by atoms with van der Waals surface area (Å²) in [7, 11) is 0. The normalized spacial score (nSPS) is 14.5. The maximum absolute atomic E-state index is 13.3. The standard InChI is InChI=1S/C28H35F2NO9/c1-15-19(22(32)36-13-38-24(34)27(3,4)5)21(17-11-9-10-12-18(17)40-26(29)30)20(16(2)31-15)23(33)37-14-39-25(35)28(6,7)8/h9-12,21,26,31H,13-14H2,1-8H3. The zero-order chi connectivity index (χ0) is 30.4. The van der Waals surface area contributed by atoms with Crippen LogP contribution >= 0.6 is 0 Å². The molecule has 10 nitrogen and oxygen atoms in total. The average molecular weight is 568 g/mol. The van der Waals surface area contributed by atoms with E-state index in [4.69, 9.17) is 18.9 Å². The molecule has 0 amide bonds. The first-order chi connectivity index (χ1) is 18.4. The van der Waals surface area contributed by atoms with Crippen molar-refractivity contribution in [2.75, 3.05) is 13.6 Å². The van der Waals surface area contributed by atoms with Crippen molar-refractivity contribution < 1.29 is 51.6 Å². The van der Waals surface area contributed by atoms with Gasteiger partial charge in [0.2, 0.25) is 13.6 Å². The van der Waals surface area contributed by atoms with Gasteiger partial charge >= 0.3 is 30.5 Å². The molecule has 12 heteroatoms. The van der Waals surface area contributed by atoms with Gasteiger partial charge in [-0.1, -0.05) is 18.2 Å². The molecule has 2 rings (SSSR count). The van der Waals surface area contributed by atoms with Crippen LogP contribution < -0.4 is 10.1 Å². The number of carbonyl (C=O) groups excluding carboxylic acids is 4. The maximum atomic E-state index is 13.3. The summed E-state index contributed by atoms with van der Waals surface area (Å²) in [6.07, 6.45) is 0. The number of hydrogen-bond donors (Lipinski definition) is 1. The van der Waals surface area contributed by atoms with E-state index in [0.717, 1.165) is 0 Å². The zero-order valence-corrected chi connectivity index (χ0v) is 23.8. The first-order valence-corrected chi connectivity index (χ1v) is 12.4. The number of ether oxygens (including phenoxy) is 5. The van der Waals surface area contributed by atoms with Crippen LogP contribution in [0.3, 0.4) is 0 Å². The third kappa shape index (κ3) is 8.27. The van der Waals surface area contributed by atoms with Crippen molar-refractivity contribution in [3.63, 3.8) is 0 Å². The molecule has 1 aliphatic rings. The Labute approximate surface area is 231 Å². The lowest BCUT2D eigenvalue weighted by Gasteiger charge is -2.31. The Morgan fingerprint density at radius 2 is 1.20 bits per heavy atom. The van der Waals surface area contributed by atoms with Crippen molar-refractivity contribution in [3.8, 4) is 5.75 Å². The van der Waals surface area contributed by atoms with E-state index in [1.807, 2.05) is 0 Å². The number of dihydropyridines is 1. The second-order valence-corrected chi connectivity index (χ2v) is 11.0. The summed E-state index contributed by atoms with van der Waals surface area (Å²) in [5.74, 6) is -4.80. The molecule has 0 unspecified atom stereocenters. The van der Waals surface area contributed by atoms with Gasteiger partial charge in [-0.2, -0.15) is 8.78 Å². The van der Waals surface area contributed by atoms with Crippen molar-refractivity contribution in [3.05, 3.63) is 52.4 Å². The largest absolute Gasteiger partial charge is 0.435 e. The van der Waals surface area contributed by atoms with E-state index in [9.17, 15) is 28.0 Å². The van der Waals surface area contributed by atoms with Crippen LogP contribution in [0.1, 0.15) is 66.9 Å². The summed E-state index contributed by atoms with van der Waals surface area (Å²) in [6.45, 7) is 8.13. The third-order valence-electron chi connectivity index (χ3n) is 5.63. The van der Waals surface area contributed by atoms with E-state index in [1.54, 1.807) is 41.5 Å². The molecular formula is C28H35F2NO9. The highest BCUT2D eigenvalue weighted by atomic mass is 19.3. The van der Waals surface area contributed by atoms with Gasteiger partial charge in [0.15, 0.2) is 0 Å². The molecule has 0 saturated heterocycles. The van der Waals surface area contributed by atoms with Crippen LogP contribution in [0.25, 0.3) is 0 Å². The molecule has 0 spiro atoms. The number of benzene rings is 1. The second kappa shape index (κ2) is 12.9. The molecular weight excluding hydrogens is 532 g/mol. The molecule has 0 saturated carbocycles. The topological polar surface area (TPSA) is 126 Å². The van der Waals surface area contributed by atoms with Gasteiger partial charge in [0.1, 0.15) is 5.75 Å². The minimum absolute atomic E-state index is 0.0419. The van der Waals surface area contributed by atoms with Gasteiger partial charge in [-0.15, -0.1) is 0 Å². The van der Waals surface area contributed by atoms with Gasteiger partial charge in [0, 0.05) is 17.0 Å². The predicted octanol–water partition coefficient (Wildman–Crippen LogP) is 4.70. The Morgan fingerprint density at radius 3 is 1.60 bits per heavy atom. The third-order valence-corrected chi connectivity index (χ3v) is 5.63. The van der Waals surface area contributed by atoms with Gasteiger partial charge in [0.25, 0.3) is 0 Å². The van der Waals surface area contributed by atoms with Gasteiger partial charge in [0.05, 0.1) is 27.9 Å². The highest BCUT2D eigenvalue weighted by molar-refractivity contribution is 6.00. The van der Waals surface area contributed by atoms with Crippen molar-refractivity contribution in [2.24, 2.45) is 10.8 Å². The highest BCUT2D eigenvalue weighted by Crippen LogP contribution is 2.43. The average Bonchev–Trinajstić information content (AvgIpc) is 2.82. The second-order valence-electron chi connectivity index (χ2n) is 11.0. The van der Waals surface area contributed by atoms with E-state index in [1.165, 1.54) is 38.1 Å². The van der Waals surface area contributed by atoms with Crippen LogP contribution in [0, 0.1) is 10.8 Å². The molecule has 0 aromatic heterocycles. The first kappa shape index (κ1) is 32.3. The summed E-state index contributed by atoms with van der Waals surface area (Å²) in [5, 5.41) is 2.90. The Balaban J connectivity index is 2.47. The fraction of sp³-hybridized carbons (Fsp3) is 0.500. The highest BCUT2D eigenvalue weighted by Gasteiger charge is 2.40.